The van der Waals surface area contributed by atoms with Gasteiger partial charge in [0, 0.05) is 12.1 Å². The zero-order valence-electron chi connectivity index (χ0n) is 12.0. The van der Waals surface area contributed by atoms with Gasteiger partial charge in [-0.05, 0) is 32.4 Å². The van der Waals surface area contributed by atoms with Crippen molar-refractivity contribution in [3.05, 3.63) is 38.2 Å². The van der Waals surface area contributed by atoms with Crippen molar-refractivity contribution >= 4 is 16.9 Å². The zero-order chi connectivity index (χ0) is 15.8. The number of nitrogens with one attached hydrogen (secondary N) is 3. The molecule has 8 heteroatoms. The summed E-state index contributed by atoms with van der Waals surface area (Å²) >= 11 is 0. The average molecular weight is 291 g/mol. The number of aromatic nitrogens is 3. The van der Waals surface area contributed by atoms with Gasteiger partial charge in [0.05, 0.1) is 5.39 Å². The molecule has 0 bridgehead atoms. The normalized spacial score (nSPS) is 11.6. The van der Waals surface area contributed by atoms with E-state index in [1.165, 1.54) is 6.07 Å². The fourth-order valence-electron chi connectivity index (χ4n) is 1.87. The molecular weight excluding hydrogens is 274 g/mol. The third-order valence-electron chi connectivity index (χ3n) is 2.84. The van der Waals surface area contributed by atoms with Gasteiger partial charge in [0.2, 0.25) is 0 Å². The number of H-pyrrole nitrogens is 2. The van der Waals surface area contributed by atoms with Gasteiger partial charge in [-0.15, -0.1) is 0 Å². The van der Waals surface area contributed by atoms with Crippen molar-refractivity contribution < 1.29 is 4.79 Å². The van der Waals surface area contributed by atoms with Crippen LogP contribution in [0.25, 0.3) is 11.0 Å². The molecule has 0 fully saturated rings. The summed E-state index contributed by atoms with van der Waals surface area (Å²) in [4.78, 5) is 43.6. The van der Waals surface area contributed by atoms with E-state index in [-0.39, 0.29) is 23.3 Å². The summed E-state index contributed by atoms with van der Waals surface area (Å²) in [6.45, 7) is 5.50. The highest BCUT2D eigenvalue weighted by atomic mass is 16.2. The summed E-state index contributed by atoms with van der Waals surface area (Å²) < 4.78 is 0. The number of pyridine rings is 1. The highest BCUT2D eigenvalue weighted by Gasteiger charge is 2.16. The lowest BCUT2D eigenvalue weighted by Gasteiger charge is -2.18. The van der Waals surface area contributed by atoms with Crippen molar-refractivity contribution in [2.75, 3.05) is 6.54 Å². The summed E-state index contributed by atoms with van der Waals surface area (Å²) in [7, 11) is 0. The molecule has 0 radical (unpaired) electrons. The number of nitrogens with zero attached hydrogens (tertiary/aromatic N) is 1. The lowest BCUT2D eigenvalue weighted by molar-refractivity contribution is 0.0941. The molecule has 21 heavy (non-hydrogen) atoms. The van der Waals surface area contributed by atoms with Crippen molar-refractivity contribution in [3.63, 3.8) is 0 Å². The van der Waals surface area contributed by atoms with Gasteiger partial charge in [-0.1, -0.05) is 0 Å². The van der Waals surface area contributed by atoms with Gasteiger partial charge in [-0.25, -0.2) is 9.78 Å². The SMILES string of the molecule is Cc1cc(C(=O)NCC(C)(C)N)nc2[nH]c(=O)[nH]c(=O)c12. The number of carbonyl (C=O) groups is 1. The molecule has 1 amide bonds. The number of carbonyl (C=O) groups excluding carboxylic acids is 1. The summed E-state index contributed by atoms with van der Waals surface area (Å²) in [5.74, 6) is -0.417. The fourth-order valence-corrected chi connectivity index (χ4v) is 1.87. The van der Waals surface area contributed by atoms with Gasteiger partial charge < -0.3 is 11.1 Å². The second kappa shape index (κ2) is 5.13. The van der Waals surface area contributed by atoms with Gasteiger partial charge in [-0.2, -0.15) is 0 Å². The van der Waals surface area contributed by atoms with Crippen LogP contribution in [0.5, 0.6) is 0 Å². The molecule has 0 atom stereocenters. The molecule has 0 unspecified atom stereocenters. The number of hydrogen-bond donors (Lipinski definition) is 4. The van der Waals surface area contributed by atoms with E-state index in [1.54, 1.807) is 20.8 Å². The van der Waals surface area contributed by atoms with Gasteiger partial charge in [0.1, 0.15) is 11.3 Å². The summed E-state index contributed by atoms with van der Waals surface area (Å²) in [5.41, 5.74) is 4.80. The van der Waals surface area contributed by atoms with Crippen molar-refractivity contribution in [1.82, 2.24) is 20.3 Å². The number of fused-ring (bicyclic) bond motifs is 1. The van der Waals surface area contributed by atoms with Crippen molar-refractivity contribution in [1.29, 1.82) is 0 Å². The Hall–Kier alpha value is -2.48. The van der Waals surface area contributed by atoms with E-state index in [1.807, 2.05) is 0 Å². The van der Waals surface area contributed by atoms with Gasteiger partial charge in [-0.3, -0.25) is 19.6 Å². The molecule has 0 spiro atoms. The van der Waals surface area contributed by atoms with Crippen LogP contribution < -0.4 is 22.3 Å². The second-order valence-corrected chi connectivity index (χ2v) is 5.63. The Bertz CT molecular complexity index is 813. The summed E-state index contributed by atoms with van der Waals surface area (Å²) in [5, 5.41) is 2.91. The Balaban J connectivity index is 2.45. The minimum atomic E-state index is -0.667. The number of amides is 1. The molecule has 0 saturated carbocycles. The fraction of sp³-hybridized carbons (Fsp3) is 0.385. The topological polar surface area (TPSA) is 134 Å². The first-order valence-electron chi connectivity index (χ1n) is 6.38. The van der Waals surface area contributed by atoms with E-state index in [2.05, 4.69) is 20.3 Å². The van der Waals surface area contributed by atoms with E-state index in [4.69, 9.17) is 5.73 Å². The quantitative estimate of drug-likeness (QED) is 0.598. The molecule has 2 aromatic heterocycles. The maximum atomic E-state index is 12.0. The lowest BCUT2D eigenvalue weighted by atomic mass is 10.1. The van der Waals surface area contributed by atoms with E-state index in [0.717, 1.165) is 0 Å². The number of nitrogens with two attached hydrogens (primary N) is 1. The molecule has 112 valence electrons. The standard InChI is InChI=1S/C13H17N5O3/c1-6-4-7(10(19)15-5-13(2,3)14)16-9-8(6)11(20)18-12(21)17-9/h4H,5,14H2,1-3H3,(H,15,19)(H2,16,17,18,20,21). The molecule has 0 aliphatic heterocycles. The number of aromatic amines is 2. The first kappa shape index (κ1) is 14.9. The molecule has 0 aliphatic carbocycles. The first-order valence-corrected chi connectivity index (χ1v) is 6.38. The van der Waals surface area contributed by atoms with Gasteiger partial charge in [0.25, 0.3) is 11.5 Å². The second-order valence-electron chi connectivity index (χ2n) is 5.63. The third-order valence-corrected chi connectivity index (χ3v) is 2.84. The van der Waals surface area contributed by atoms with Crippen LogP contribution in [0.1, 0.15) is 29.9 Å². The molecule has 2 rings (SSSR count). The number of hydrogen-bond acceptors (Lipinski definition) is 5. The summed E-state index contributed by atoms with van der Waals surface area (Å²) in [6.07, 6.45) is 0. The van der Waals surface area contributed by atoms with E-state index in [0.29, 0.717) is 5.56 Å². The minimum absolute atomic E-state index is 0.0842. The van der Waals surface area contributed by atoms with Crippen LogP contribution in [0.4, 0.5) is 0 Å². The van der Waals surface area contributed by atoms with Crippen molar-refractivity contribution in [2.45, 2.75) is 26.3 Å². The zero-order valence-corrected chi connectivity index (χ0v) is 12.0. The first-order chi connectivity index (χ1) is 9.67. The van der Waals surface area contributed by atoms with Gasteiger partial charge >= 0.3 is 5.69 Å². The number of rotatable bonds is 3. The van der Waals surface area contributed by atoms with Crippen LogP contribution in [-0.4, -0.2) is 32.9 Å². The maximum absolute atomic E-state index is 12.0. The predicted molar refractivity (Wildman–Crippen MR) is 78.3 cm³/mol. The Morgan fingerprint density at radius 2 is 2.05 bits per heavy atom. The average Bonchev–Trinajstić information content (AvgIpc) is 2.33. The van der Waals surface area contributed by atoms with Crippen LogP contribution in [0.3, 0.4) is 0 Å². The van der Waals surface area contributed by atoms with Crippen LogP contribution >= 0.6 is 0 Å². The van der Waals surface area contributed by atoms with Gasteiger partial charge in [0.15, 0.2) is 0 Å². The highest BCUT2D eigenvalue weighted by molar-refractivity contribution is 5.95. The Labute approximate surface area is 119 Å². The molecule has 0 saturated heterocycles. The predicted octanol–water partition coefficient (Wildman–Crippen LogP) is -0.613. The Kier molecular flexibility index (Phi) is 3.65. The molecule has 0 aliphatic rings. The smallest absolute Gasteiger partial charge is 0.327 e. The molecule has 2 aromatic rings. The van der Waals surface area contributed by atoms with Crippen LogP contribution in [0.15, 0.2) is 15.7 Å². The lowest BCUT2D eigenvalue weighted by Crippen LogP contribution is -2.45. The molecule has 2 heterocycles. The van der Waals surface area contributed by atoms with Crippen molar-refractivity contribution in [3.8, 4) is 0 Å². The highest BCUT2D eigenvalue weighted by Crippen LogP contribution is 2.10. The van der Waals surface area contributed by atoms with Crippen LogP contribution in [-0.2, 0) is 0 Å². The van der Waals surface area contributed by atoms with E-state index >= 15 is 0 Å². The van der Waals surface area contributed by atoms with E-state index in [9.17, 15) is 14.4 Å². The minimum Gasteiger partial charge on any atom is -0.349 e. The third kappa shape index (κ3) is 3.34. The Morgan fingerprint density at radius 1 is 1.38 bits per heavy atom. The molecule has 5 N–H and O–H groups in total. The molecule has 0 aromatic carbocycles. The van der Waals surface area contributed by atoms with Crippen LogP contribution in [0.2, 0.25) is 0 Å². The maximum Gasteiger partial charge on any atom is 0.327 e. The number of aryl methyl sites for hydroxylation is 1. The molecular formula is C13H17N5O3. The summed E-state index contributed by atoms with van der Waals surface area (Å²) in [6, 6.07) is 1.49. The molecule has 8 nitrogen and oxygen atoms in total. The largest absolute Gasteiger partial charge is 0.349 e. The van der Waals surface area contributed by atoms with Crippen molar-refractivity contribution in [2.24, 2.45) is 5.73 Å². The Morgan fingerprint density at radius 3 is 2.67 bits per heavy atom. The monoisotopic (exact) mass is 291 g/mol. The van der Waals surface area contributed by atoms with Crippen LogP contribution in [0, 0.1) is 6.92 Å². The van der Waals surface area contributed by atoms with E-state index < -0.39 is 22.7 Å².